The lowest BCUT2D eigenvalue weighted by Gasteiger charge is -2.36. The molecule has 262 valence electrons. The topological polar surface area (TPSA) is 177 Å². The summed E-state index contributed by atoms with van der Waals surface area (Å²) in [6, 6.07) is 4.20. The van der Waals surface area contributed by atoms with Gasteiger partial charge in [-0.3, -0.25) is 19.2 Å². The molecule has 0 bridgehead atoms. The van der Waals surface area contributed by atoms with E-state index in [2.05, 4.69) is 28.3 Å². The highest BCUT2D eigenvalue weighted by Gasteiger charge is 2.46. The molecule has 1 unspecified atom stereocenters. The Hall–Kier alpha value is -4.44. The molecule has 2 fully saturated rings. The van der Waals surface area contributed by atoms with Crippen LogP contribution in [0.2, 0.25) is 0 Å². The number of carbonyl (C=O) groups excluding carboxylic acids is 6. The normalized spacial score (nSPS) is 20.3. The molecule has 0 aromatic heterocycles. The molecule has 3 rings (SSSR count). The van der Waals surface area contributed by atoms with E-state index in [1.807, 2.05) is 30.3 Å². The highest BCUT2D eigenvalue weighted by Crippen LogP contribution is 2.34. The van der Waals surface area contributed by atoms with Crippen LogP contribution in [-0.2, 0) is 28.7 Å². The molecule has 0 radical (unpaired) electrons. The maximum Gasteiger partial charge on any atom is 0.329 e. The summed E-state index contributed by atoms with van der Waals surface area (Å²) in [7, 11) is 0. The number of likely N-dealkylation sites (tertiary alicyclic amines) is 1. The van der Waals surface area contributed by atoms with Crippen LogP contribution in [0.1, 0.15) is 85.8 Å². The number of amides is 5. The average Bonchev–Trinajstić information content (AvgIpc) is 3.72. The van der Waals surface area contributed by atoms with E-state index in [1.54, 1.807) is 54.5 Å². The van der Waals surface area contributed by atoms with Crippen molar-refractivity contribution >= 4 is 35.5 Å². The first-order valence-electron chi connectivity index (χ1n) is 16.5. The van der Waals surface area contributed by atoms with Gasteiger partial charge in [0, 0.05) is 12.5 Å². The van der Waals surface area contributed by atoms with Gasteiger partial charge >= 0.3 is 12.0 Å². The van der Waals surface area contributed by atoms with Crippen molar-refractivity contribution < 1.29 is 33.5 Å². The number of benzene rings is 1. The van der Waals surface area contributed by atoms with Gasteiger partial charge in [-0.05, 0) is 48.2 Å². The number of Topliss-reactive ketones (excluding diaryl/α,β-unsaturated/α-hetero) is 1. The molecule has 1 saturated carbocycles. The van der Waals surface area contributed by atoms with Gasteiger partial charge in [0.15, 0.2) is 0 Å². The molecular formula is C36H51N5O7. The Morgan fingerprint density at radius 3 is 2.08 bits per heavy atom. The number of esters is 1. The lowest BCUT2D eigenvalue weighted by atomic mass is 9.85. The predicted octanol–water partition coefficient (Wildman–Crippen LogP) is 3.32. The van der Waals surface area contributed by atoms with Crippen LogP contribution in [0, 0.1) is 22.7 Å². The van der Waals surface area contributed by atoms with Crippen molar-refractivity contribution in [2.45, 2.75) is 104 Å². The van der Waals surface area contributed by atoms with Crippen molar-refractivity contribution in [3.63, 3.8) is 0 Å². The first kappa shape index (κ1) is 38.0. The first-order chi connectivity index (χ1) is 22.3. The van der Waals surface area contributed by atoms with Gasteiger partial charge in [-0.1, -0.05) is 91.3 Å². The zero-order chi connectivity index (χ0) is 36.0. The Kier molecular flexibility index (Phi) is 12.4. The number of hydrogen-bond donors (Lipinski definition) is 4. The van der Waals surface area contributed by atoms with E-state index in [4.69, 9.17) is 10.5 Å². The molecule has 1 heterocycles. The number of nitrogens with one attached hydrogen (secondary N) is 3. The number of nitrogens with zero attached hydrogens (tertiary/aromatic N) is 1. The van der Waals surface area contributed by atoms with Crippen molar-refractivity contribution in [2.75, 3.05) is 6.54 Å². The molecular weight excluding hydrogens is 614 g/mol. The third kappa shape index (κ3) is 10.3. The zero-order valence-corrected chi connectivity index (χ0v) is 29.1. The largest absolute Gasteiger partial charge is 0.456 e. The van der Waals surface area contributed by atoms with Gasteiger partial charge in [-0.25, -0.2) is 9.59 Å². The highest BCUT2D eigenvalue weighted by molar-refractivity contribution is 6.37. The van der Waals surface area contributed by atoms with Crippen molar-refractivity contribution in [3.8, 4) is 0 Å². The molecule has 1 aromatic carbocycles. The SMILES string of the molecule is C=C=C[C@@H]1C[C@@H](C(=O)NC(CC2CC2)C(=O)C(N)=O)N(C(=O)[C@@H](NC(=O)N[C@H](C(=O)O[C@@H](C)c2ccccc2)C(C)(C)C)C(C)(C)C)C1. The molecule has 1 aliphatic carbocycles. The number of primary amides is 1. The summed E-state index contributed by atoms with van der Waals surface area (Å²) in [5.74, 6) is -3.83. The fourth-order valence-corrected chi connectivity index (χ4v) is 5.79. The summed E-state index contributed by atoms with van der Waals surface area (Å²) in [6.45, 7) is 16.2. The van der Waals surface area contributed by atoms with Crippen LogP contribution in [0.25, 0.3) is 0 Å². The lowest BCUT2D eigenvalue weighted by Crippen LogP contribution is -2.61. The molecule has 1 aliphatic heterocycles. The summed E-state index contributed by atoms with van der Waals surface area (Å²) < 4.78 is 5.72. The molecule has 5 N–H and O–H groups in total. The fourth-order valence-electron chi connectivity index (χ4n) is 5.79. The van der Waals surface area contributed by atoms with E-state index in [0.29, 0.717) is 0 Å². The van der Waals surface area contributed by atoms with Crippen LogP contribution in [-0.4, -0.2) is 71.1 Å². The maximum absolute atomic E-state index is 14.2. The Balaban J connectivity index is 1.81. The Morgan fingerprint density at radius 2 is 1.56 bits per heavy atom. The molecule has 1 saturated heterocycles. The number of urea groups is 1. The molecule has 48 heavy (non-hydrogen) atoms. The van der Waals surface area contributed by atoms with E-state index in [9.17, 15) is 28.8 Å². The van der Waals surface area contributed by atoms with Crippen molar-refractivity contribution in [1.82, 2.24) is 20.9 Å². The minimum Gasteiger partial charge on any atom is -0.456 e. The standard InChI is InChI=1S/C36H51N5O7/c1-9-13-23-19-26(31(44)38-25(18-22-16-17-22)27(42)30(37)43)41(20-23)32(45)28(35(3,4)5)39-34(47)40-29(36(6,7)8)33(46)48-21(2)24-14-11-10-12-15-24/h10-15,21-23,25-26,28-29H,1,16-20H2,2-8H3,(H2,37,43)(H,38,44)(H2,39,40,47)/t21-,23+,25?,26-,28+,29+/m0/s1. The van der Waals surface area contributed by atoms with E-state index in [0.717, 1.165) is 18.4 Å². The lowest BCUT2D eigenvalue weighted by molar-refractivity contribution is -0.153. The Morgan fingerprint density at radius 1 is 0.979 bits per heavy atom. The van der Waals surface area contributed by atoms with Crippen molar-refractivity contribution in [2.24, 2.45) is 28.4 Å². The average molecular weight is 666 g/mol. The molecule has 0 spiro atoms. The van der Waals surface area contributed by atoms with Crippen LogP contribution in [0.4, 0.5) is 4.79 Å². The van der Waals surface area contributed by atoms with Crippen LogP contribution in [0.3, 0.4) is 0 Å². The maximum atomic E-state index is 14.2. The number of rotatable bonds is 13. The van der Waals surface area contributed by atoms with E-state index in [-0.39, 0.29) is 31.2 Å². The molecule has 5 amide bonds. The minimum absolute atomic E-state index is 0.140. The molecule has 6 atom stereocenters. The predicted molar refractivity (Wildman–Crippen MR) is 180 cm³/mol. The van der Waals surface area contributed by atoms with E-state index in [1.165, 1.54) is 4.90 Å². The third-order valence-corrected chi connectivity index (χ3v) is 8.74. The summed E-state index contributed by atoms with van der Waals surface area (Å²) in [4.78, 5) is 80.4. The number of hydrogen-bond acceptors (Lipinski definition) is 7. The smallest absolute Gasteiger partial charge is 0.329 e. The zero-order valence-electron chi connectivity index (χ0n) is 29.1. The summed E-state index contributed by atoms with van der Waals surface area (Å²) in [6.07, 6.45) is 3.40. The van der Waals surface area contributed by atoms with Crippen LogP contribution < -0.4 is 21.7 Å². The second-order valence-corrected chi connectivity index (χ2v) is 15.0. The second-order valence-electron chi connectivity index (χ2n) is 15.0. The summed E-state index contributed by atoms with van der Waals surface area (Å²) in [5, 5.41) is 8.15. The van der Waals surface area contributed by atoms with Gasteiger partial charge in [-0.15, -0.1) is 5.73 Å². The number of ketones is 1. The second kappa shape index (κ2) is 15.6. The number of nitrogens with two attached hydrogens (primary N) is 1. The molecule has 1 aromatic rings. The van der Waals surface area contributed by atoms with Gasteiger partial charge in [-0.2, -0.15) is 0 Å². The van der Waals surface area contributed by atoms with Gasteiger partial charge in [0.05, 0.1) is 6.04 Å². The van der Waals surface area contributed by atoms with Crippen LogP contribution in [0.15, 0.2) is 48.7 Å². The molecule has 12 nitrogen and oxygen atoms in total. The van der Waals surface area contributed by atoms with Crippen LogP contribution >= 0.6 is 0 Å². The molecule has 12 heteroatoms. The monoisotopic (exact) mass is 665 g/mol. The molecule has 2 aliphatic rings. The fraction of sp³-hybridized carbons (Fsp3) is 0.583. The number of ether oxygens (including phenoxy) is 1. The highest BCUT2D eigenvalue weighted by atomic mass is 16.5. The number of carbonyl (C=O) groups is 6. The van der Waals surface area contributed by atoms with Crippen molar-refractivity contribution in [3.05, 3.63) is 54.3 Å². The Bertz CT molecular complexity index is 1420. The van der Waals surface area contributed by atoms with Gasteiger partial charge in [0.25, 0.3) is 5.91 Å². The van der Waals surface area contributed by atoms with Gasteiger partial charge in [0.1, 0.15) is 24.2 Å². The first-order valence-corrected chi connectivity index (χ1v) is 16.5. The van der Waals surface area contributed by atoms with Gasteiger partial charge < -0.3 is 31.3 Å². The van der Waals surface area contributed by atoms with E-state index < -0.39 is 76.6 Å². The van der Waals surface area contributed by atoms with Crippen molar-refractivity contribution in [1.29, 1.82) is 0 Å². The van der Waals surface area contributed by atoms with Gasteiger partial charge in [0.2, 0.25) is 17.6 Å². The van der Waals surface area contributed by atoms with Crippen LogP contribution in [0.5, 0.6) is 0 Å². The third-order valence-electron chi connectivity index (χ3n) is 8.74. The Labute approximate surface area is 283 Å². The van der Waals surface area contributed by atoms with E-state index >= 15 is 0 Å². The minimum atomic E-state index is -1.14. The quantitative estimate of drug-likeness (QED) is 0.142. The summed E-state index contributed by atoms with van der Waals surface area (Å²) in [5.41, 5.74) is 7.21. The summed E-state index contributed by atoms with van der Waals surface area (Å²) >= 11 is 0.